The van der Waals surface area contributed by atoms with Crippen LogP contribution >= 0.6 is 22.6 Å². The lowest BCUT2D eigenvalue weighted by Crippen LogP contribution is -2.31. The fourth-order valence-corrected chi connectivity index (χ4v) is 2.35. The average molecular weight is 334 g/mol. The zero-order chi connectivity index (χ0) is 11.9. The molecule has 1 heterocycles. The predicted octanol–water partition coefficient (Wildman–Crippen LogP) is 3.16. The summed E-state index contributed by atoms with van der Waals surface area (Å²) >= 11 is 2.24. The number of halogens is 2. The minimum atomic E-state index is -0.370. The molecule has 0 fully saturated rings. The number of fused-ring (bicyclic) bond motifs is 1. The average Bonchev–Trinajstić information content (AvgIpc) is 2.54. The maximum Gasteiger partial charge on any atom is 0.163 e. The van der Waals surface area contributed by atoms with Crippen molar-refractivity contribution in [2.24, 2.45) is 0 Å². The lowest BCUT2D eigenvalue weighted by molar-refractivity contribution is 0.100. The first kappa shape index (κ1) is 11.8. The summed E-state index contributed by atoms with van der Waals surface area (Å²) in [6.45, 7) is 3.40. The molecule has 1 atom stereocenters. The van der Waals surface area contributed by atoms with E-state index in [-0.39, 0.29) is 17.2 Å². The van der Waals surface area contributed by atoms with Crippen molar-refractivity contribution in [3.8, 4) is 5.75 Å². The Morgan fingerprint density at radius 2 is 2.31 bits per heavy atom. The van der Waals surface area contributed by atoms with Gasteiger partial charge in [0, 0.05) is 16.4 Å². The van der Waals surface area contributed by atoms with Crippen LogP contribution in [0, 0.1) is 5.82 Å². The monoisotopic (exact) mass is 334 g/mol. The number of carbonyl (C=O) groups excluding carboxylic acids is 1. The summed E-state index contributed by atoms with van der Waals surface area (Å²) in [6, 6.07) is 2.71. The molecule has 0 aromatic heterocycles. The van der Waals surface area contributed by atoms with Crippen LogP contribution in [-0.2, 0) is 6.42 Å². The highest BCUT2D eigenvalue weighted by atomic mass is 127. The molecule has 2 nitrogen and oxygen atoms in total. The number of benzene rings is 1. The van der Waals surface area contributed by atoms with Gasteiger partial charge in [-0.2, -0.15) is 0 Å². The Kier molecular flexibility index (Phi) is 2.94. The Bertz CT molecular complexity index is 459. The molecule has 0 bridgehead atoms. The Morgan fingerprint density at radius 3 is 2.88 bits per heavy atom. The summed E-state index contributed by atoms with van der Waals surface area (Å²) in [7, 11) is 0. The first-order chi connectivity index (χ1) is 7.45. The number of ketones is 1. The molecule has 0 radical (unpaired) electrons. The minimum absolute atomic E-state index is 0.159. The van der Waals surface area contributed by atoms with Gasteiger partial charge in [-0.3, -0.25) is 4.79 Å². The third-order valence-electron chi connectivity index (χ3n) is 2.71. The van der Waals surface area contributed by atoms with Crippen molar-refractivity contribution in [1.82, 2.24) is 0 Å². The van der Waals surface area contributed by atoms with Crippen LogP contribution in [0.4, 0.5) is 4.39 Å². The second-order valence-corrected chi connectivity index (χ2v) is 5.12. The molecule has 1 aromatic carbocycles. The number of hydrogen-bond donors (Lipinski definition) is 0. The Labute approximate surface area is 107 Å². The summed E-state index contributed by atoms with van der Waals surface area (Å²) in [5, 5.41) is 0. The number of carbonyl (C=O) groups is 1. The Hall–Kier alpha value is -0.650. The molecule has 0 aliphatic carbocycles. The fraction of sp³-hybridized carbons (Fsp3) is 0.417. The van der Waals surface area contributed by atoms with Gasteiger partial charge in [0.2, 0.25) is 0 Å². The van der Waals surface area contributed by atoms with Crippen LogP contribution < -0.4 is 4.74 Å². The lowest BCUT2D eigenvalue weighted by Gasteiger charge is -2.21. The van der Waals surface area contributed by atoms with E-state index in [9.17, 15) is 9.18 Å². The van der Waals surface area contributed by atoms with E-state index in [0.29, 0.717) is 17.7 Å². The molecule has 4 heteroatoms. The van der Waals surface area contributed by atoms with Crippen LogP contribution in [0.25, 0.3) is 0 Å². The van der Waals surface area contributed by atoms with Gasteiger partial charge in [-0.25, -0.2) is 4.39 Å². The van der Waals surface area contributed by atoms with Gasteiger partial charge in [-0.05, 0) is 26.0 Å². The number of hydrogen-bond acceptors (Lipinski definition) is 2. The van der Waals surface area contributed by atoms with Crippen LogP contribution in [0.3, 0.4) is 0 Å². The third kappa shape index (κ3) is 1.95. The molecule has 1 unspecified atom stereocenters. The quantitative estimate of drug-likeness (QED) is 0.472. The van der Waals surface area contributed by atoms with Gasteiger partial charge >= 0.3 is 0 Å². The molecule has 0 spiro atoms. The van der Waals surface area contributed by atoms with E-state index in [4.69, 9.17) is 4.74 Å². The summed E-state index contributed by atoms with van der Waals surface area (Å²) in [5.41, 5.74) is 0.828. The van der Waals surface area contributed by atoms with E-state index >= 15 is 0 Å². The molecule has 0 saturated heterocycles. The number of rotatable bonds is 2. The smallest absolute Gasteiger partial charge is 0.163 e. The topological polar surface area (TPSA) is 26.3 Å². The zero-order valence-corrected chi connectivity index (χ0v) is 11.3. The SMILES string of the molecule is CC(=O)c1cc(F)cc2c1OC(C)(CI)C2. The molecule has 1 aliphatic rings. The van der Waals surface area contributed by atoms with Gasteiger partial charge in [0.15, 0.2) is 5.78 Å². The van der Waals surface area contributed by atoms with Crippen molar-refractivity contribution >= 4 is 28.4 Å². The predicted molar refractivity (Wildman–Crippen MR) is 68.0 cm³/mol. The first-order valence-electron chi connectivity index (χ1n) is 5.03. The fourth-order valence-electron chi connectivity index (χ4n) is 1.92. The summed E-state index contributed by atoms with van der Waals surface area (Å²) in [4.78, 5) is 11.4. The number of ether oxygens (including phenoxy) is 1. The molecule has 1 aromatic rings. The zero-order valence-electron chi connectivity index (χ0n) is 9.14. The summed E-state index contributed by atoms with van der Waals surface area (Å²) in [5.74, 6) is 0.0341. The summed E-state index contributed by atoms with van der Waals surface area (Å²) < 4.78 is 19.9. The van der Waals surface area contributed by atoms with Crippen LogP contribution in [0.5, 0.6) is 5.75 Å². The van der Waals surface area contributed by atoms with Crippen LogP contribution in [0.15, 0.2) is 12.1 Å². The van der Waals surface area contributed by atoms with E-state index in [2.05, 4.69) is 22.6 Å². The largest absolute Gasteiger partial charge is 0.485 e. The second-order valence-electron chi connectivity index (χ2n) is 4.36. The van der Waals surface area contributed by atoms with Crippen LogP contribution in [-0.4, -0.2) is 15.8 Å². The molecule has 2 rings (SSSR count). The molecule has 0 N–H and O–H groups in total. The Balaban J connectivity index is 2.52. The molecule has 0 amide bonds. The lowest BCUT2D eigenvalue weighted by atomic mass is 9.99. The van der Waals surface area contributed by atoms with Gasteiger partial charge in [0.25, 0.3) is 0 Å². The number of alkyl halides is 1. The molecule has 16 heavy (non-hydrogen) atoms. The highest BCUT2D eigenvalue weighted by Crippen LogP contribution is 2.39. The minimum Gasteiger partial charge on any atom is -0.485 e. The van der Waals surface area contributed by atoms with Crippen molar-refractivity contribution in [1.29, 1.82) is 0 Å². The number of Topliss-reactive ketones (excluding diaryl/α,β-unsaturated/α-hetero) is 1. The molecular formula is C12H12FIO2. The van der Waals surface area contributed by atoms with Crippen LogP contribution in [0.1, 0.15) is 29.8 Å². The third-order valence-corrected chi connectivity index (χ3v) is 4.32. The Morgan fingerprint density at radius 1 is 1.62 bits per heavy atom. The summed E-state index contributed by atoms with van der Waals surface area (Å²) in [6.07, 6.45) is 0.656. The molecule has 86 valence electrons. The van der Waals surface area contributed by atoms with Gasteiger partial charge in [-0.15, -0.1) is 0 Å². The van der Waals surface area contributed by atoms with E-state index in [1.807, 2.05) is 6.92 Å². The maximum absolute atomic E-state index is 13.3. The van der Waals surface area contributed by atoms with Crippen molar-refractivity contribution < 1.29 is 13.9 Å². The van der Waals surface area contributed by atoms with Crippen molar-refractivity contribution in [3.63, 3.8) is 0 Å². The van der Waals surface area contributed by atoms with Gasteiger partial charge in [-0.1, -0.05) is 22.6 Å². The molecular weight excluding hydrogens is 322 g/mol. The maximum atomic E-state index is 13.3. The van der Waals surface area contributed by atoms with E-state index in [0.717, 1.165) is 9.99 Å². The second kappa shape index (κ2) is 3.98. The molecule has 1 aliphatic heterocycles. The van der Waals surface area contributed by atoms with E-state index in [1.54, 1.807) is 0 Å². The van der Waals surface area contributed by atoms with Crippen LogP contribution in [0.2, 0.25) is 0 Å². The van der Waals surface area contributed by atoms with E-state index < -0.39 is 0 Å². The molecule has 0 saturated carbocycles. The standard InChI is InChI=1S/C12H12FIO2/c1-7(15)10-4-9(13)3-8-5-12(2,6-14)16-11(8)10/h3-4H,5-6H2,1-2H3. The van der Waals surface area contributed by atoms with Gasteiger partial charge < -0.3 is 4.74 Å². The first-order valence-corrected chi connectivity index (χ1v) is 6.56. The highest BCUT2D eigenvalue weighted by molar-refractivity contribution is 14.1. The van der Waals surface area contributed by atoms with E-state index in [1.165, 1.54) is 19.1 Å². The van der Waals surface area contributed by atoms with Gasteiger partial charge in [0.1, 0.15) is 17.2 Å². The van der Waals surface area contributed by atoms with Gasteiger partial charge in [0.05, 0.1) is 5.56 Å². The highest BCUT2D eigenvalue weighted by Gasteiger charge is 2.36. The normalized spacial score (nSPS) is 22.8. The van der Waals surface area contributed by atoms with Crippen molar-refractivity contribution in [2.45, 2.75) is 25.9 Å². The van der Waals surface area contributed by atoms with Crippen molar-refractivity contribution in [2.75, 3.05) is 4.43 Å². The van der Waals surface area contributed by atoms with Crippen molar-refractivity contribution in [3.05, 3.63) is 29.1 Å².